The Morgan fingerprint density at radius 3 is 2.67 bits per heavy atom. The maximum Gasteiger partial charge on any atom is 0.271 e. The first kappa shape index (κ1) is 18.2. The first-order valence-electron chi connectivity index (χ1n) is 8.11. The number of hydrogen-bond acceptors (Lipinski definition) is 5. The number of nitrogens with zero attached hydrogens (tertiary/aromatic N) is 3. The second-order valence-corrected chi connectivity index (χ2v) is 5.86. The molecule has 3 rings (SSSR count). The van der Waals surface area contributed by atoms with Crippen LogP contribution in [-0.4, -0.2) is 27.5 Å². The van der Waals surface area contributed by atoms with Gasteiger partial charge in [-0.15, -0.1) is 0 Å². The molecule has 0 aliphatic carbocycles. The number of nitro benzene ring substituents is 1. The lowest BCUT2D eigenvalue weighted by atomic mass is 10.1. The van der Waals surface area contributed by atoms with Gasteiger partial charge in [0, 0.05) is 25.0 Å². The van der Waals surface area contributed by atoms with Crippen LogP contribution in [0.1, 0.15) is 18.4 Å². The van der Waals surface area contributed by atoms with Crippen molar-refractivity contribution in [2.24, 2.45) is 5.10 Å². The van der Waals surface area contributed by atoms with Crippen molar-refractivity contribution in [1.82, 2.24) is 5.01 Å². The smallest absolute Gasteiger partial charge is 0.271 e. The van der Waals surface area contributed by atoms with Gasteiger partial charge in [-0.2, -0.15) is 5.10 Å². The van der Waals surface area contributed by atoms with Crippen LogP contribution in [0.5, 0.6) is 0 Å². The van der Waals surface area contributed by atoms with Crippen molar-refractivity contribution in [2.45, 2.75) is 19.4 Å². The maximum absolute atomic E-state index is 13.8. The molecule has 9 heteroatoms. The van der Waals surface area contributed by atoms with Crippen molar-refractivity contribution in [3.05, 3.63) is 70.0 Å². The first-order chi connectivity index (χ1) is 12.9. The molecule has 1 aliphatic heterocycles. The summed E-state index contributed by atoms with van der Waals surface area (Å²) >= 11 is 0. The first-order valence-corrected chi connectivity index (χ1v) is 8.11. The lowest BCUT2D eigenvalue weighted by Crippen LogP contribution is -2.36. The average molecular weight is 370 g/mol. The van der Waals surface area contributed by atoms with Crippen molar-refractivity contribution in [3.63, 3.8) is 0 Å². The molecule has 1 aliphatic rings. The molecule has 0 aromatic heterocycles. The van der Waals surface area contributed by atoms with Crippen LogP contribution in [0.4, 0.5) is 15.8 Å². The summed E-state index contributed by atoms with van der Waals surface area (Å²) in [6, 6.07) is 12.0. The molecule has 0 unspecified atom stereocenters. The summed E-state index contributed by atoms with van der Waals surface area (Å²) in [5.41, 5.74) is 0.235. The third-order valence-electron chi connectivity index (χ3n) is 3.95. The predicted molar refractivity (Wildman–Crippen MR) is 95.3 cm³/mol. The van der Waals surface area contributed by atoms with E-state index in [9.17, 15) is 24.1 Å². The second kappa shape index (κ2) is 7.73. The predicted octanol–water partition coefficient (Wildman–Crippen LogP) is 2.85. The van der Waals surface area contributed by atoms with Gasteiger partial charge < -0.3 is 5.32 Å². The SMILES string of the molecule is O=C(Nc1cc([N+](=O)[O-])ccc1F)C1=NN(Cc2ccccc2)C(=O)CC1. The van der Waals surface area contributed by atoms with Gasteiger partial charge in [0.15, 0.2) is 0 Å². The second-order valence-electron chi connectivity index (χ2n) is 5.86. The highest BCUT2D eigenvalue weighted by Crippen LogP contribution is 2.22. The van der Waals surface area contributed by atoms with Crippen LogP contribution in [0.3, 0.4) is 0 Å². The highest BCUT2D eigenvalue weighted by molar-refractivity contribution is 6.43. The van der Waals surface area contributed by atoms with Gasteiger partial charge in [-0.3, -0.25) is 19.7 Å². The molecule has 0 radical (unpaired) electrons. The van der Waals surface area contributed by atoms with Gasteiger partial charge >= 0.3 is 0 Å². The standard InChI is InChI=1S/C18H15FN4O4/c19-14-7-6-13(23(26)27)10-16(14)20-18(25)15-8-9-17(24)22(21-15)11-12-4-2-1-3-5-12/h1-7,10H,8-9,11H2,(H,20,25). The maximum atomic E-state index is 13.8. The number of rotatable bonds is 5. The quantitative estimate of drug-likeness (QED) is 0.645. The summed E-state index contributed by atoms with van der Waals surface area (Å²) in [5.74, 6) is -1.74. The van der Waals surface area contributed by atoms with E-state index in [4.69, 9.17) is 0 Å². The third kappa shape index (κ3) is 4.32. The Kier molecular flexibility index (Phi) is 5.20. The van der Waals surface area contributed by atoms with Crippen molar-refractivity contribution >= 4 is 28.9 Å². The fraction of sp³-hybridized carbons (Fsp3) is 0.167. The Labute approximate surface area is 153 Å². The van der Waals surface area contributed by atoms with E-state index in [2.05, 4.69) is 10.4 Å². The van der Waals surface area contributed by atoms with Crippen LogP contribution in [0.15, 0.2) is 53.6 Å². The van der Waals surface area contributed by atoms with Crippen LogP contribution in [0.25, 0.3) is 0 Å². The van der Waals surface area contributed by atoms with E-state index in [1.807, 2.05) is 30.3 Å². The highest BCUT2D eigenvalue weighted by atomic mass is 19.1. The van der Waals surface area contributed by atoms with Gasteiger partial charge in [0.2, 0.25) is 5.91 Å². The van der Waals surface area contributed by atoms with Crippen LogP contribution >= 0.6 is 0 Å². The van der Waals surface area contributed by atoms with Crippen LogP contribution < -0.4 is 5.32 Å². The van der Waals surface area contributed by atoms with E-state index in [1.54, 1.807) is 0 Å². The largest absolute Gasteiger partial charge is 0.318 e. The summed E-state index contributed by atoms with van der Waals surface area (Å²) in [7, 11) is 0. The van der Waals surface area contributed by atoms with Crippen molar-refractivity contribution in [2.75, 3.05) is 5.32 Å². The van der Waals surface area contributed by atoms with E-state index in [0.717, 1.165) is 23.8 Å². The molecule has 0 spiro atoms. The molecule has 27 heavy (non-hydrogen) atoms. The topological polar surface area (TPSA) is 105 Å². The molecule has 0 atom stereocenters. The molecular weight excluding hydrogens is 355 g/mol. The minimum atomic E-state index is -0.803. The molecule has 2 aromatic carbocycles. The number of nitrogens with one attached hydrogen (secondary N) is 1. The zero-order valence-electron chi connectivity index (χ0n) is 14.1. The number of anilines is 1. The molecular formula is C18H15FN4O4. The molecule has 1 heterocycles. The lowest BCUT2D eigenvalue weighted by Gasteiger charge is -2.23. The van der Waals surface area contributed by atoms with Crippen molar-refractivity contribution in [1.29, 1.82) is 0 Å². The lowest BCUT2D eigenvalue weighted by molar-refractivity contribution is -0.384. The minimum absolute atomic E-state index is 0.0523. The van der Waals surface area contributed by atoms with E-state index in [0.29, 0.717) is 0 Å². The summed E-state index contributed by atoms with van der Waals surface area (Å²) in [4.78, 5) is 34.6. The zero-order valence-corrected chi connectivity index (χ0v) is 14.1. The van der Waals surface area contributed by atoms with Gasteiger partial charge in [-0.25, -0.2) is 9.40 Å². The van der Waals surface area contributed by atoms with E-state index >= 15 is 0 Å². The Bertz CT molecular complexity index is 930. The van der Waals surface area contributed by atoms with E-state index in [-0.39, 0.29) is 42.4 Å². The van der Waals surface area contributed by atoms with E-state index < -0.39 is 16.6 Å². The Balaban J connectivity index is 1.78. The Morgan fingerprint density at radius 1 is 1.22 bits per heavy atom. The summed E-state index contributed by atoms with van der Waals surface area (Å²) in [6.45, 7) is 0.210. The van der Waals surface area contributed by atoms with Gasteiger partial charge in [0.1, 0.15) is 11.5 Å². The molecule has 0 fully saturated rings. The number of hydrogen-bond donors (Lipinski definition) is 1. The minimum Gasteiger partial charge on any atom is -0.318 e. The number of non-ortho nitro benzene ring substituents is 1. The molecule has 138 valence electrons. The van der Waals surface area contributed by atoms with Gasteiger partial charge in [0.05, 0.1) is 17.2 Å². The average Bonchev–Trinajstić information content (AvgIpc) is 2.66. The molecule has 8 nitrogen and oxygen atoms in total. The molecule has 0 bridgehead atoms. The van der Waals surface area contributed by atoms with Crippen LogP contribution in [0.2, 0.25) is 0 Å². The third-order valence-corrected chi connectivity index (χ3v) is 3.95. The van der Waals surface area contributed by atoms with Gasteiger partial charge in [-0.05, 0) is 11.6 Å². The fourth-order valence-corrected chi connectivity index (χ4v) is 2.56. The van der Waals surface area contributed by atoms with Crippen LogP contribution in [-0.2, 0) is 16.1 Å². The van der Waals surface area contributed by atoms with Crippen molar-refractivity contribution < 1.29 is 18.9 Å². The zero-order chi connectivity index (χ0) is 19.4. The van der Waals surface area contributed by atoms with E-state index in [1.165, 1.54) is 5.01 Å². The fourth-order valence-electron chi connectivity index (χ4n) is 2.56. The van der Waals surface area contributed by atoms with Gasteiger partial charge in [0.25, 0.3) is 11.6 Å². The summed E-state index contributed by atoms with van der Waals surface area (Å²) in [6.07, 6.45) is 0.197. The normalized spacial score (nSPS) is 13.9. The Morgan fingerprint density at radius 2 is 1.96 bits per heavy atom. The molecule has 0 saturated heterocycles. The van der Waals surface area contributed by atoms with Gasteiger partial charge in [-0.1, -0.05) is 30.3 Å². The molecule has 2 amide bonds. The number of carbonyl (C=O) groups excluding carboxylic acids is 2. The number of hydrazone groups is 1. The number of benzene rings is 2. The van der Waals surface area contributed by atoms with Crippen LogP contribution in [0, 0.1) is 15.9 Å². The van der Waals surface area contributed by atoms with Crippen molar-refractivity contribution in [3.8, 4) is 0 Å². The molecule has 0 saturated carbocycles. The molecule has 2 aromatic rings. The molecule has 1 N–H and O–H groups in total. The Hall–Kier alpha value is -3.62. The number of nitro groups is 1. The number of amides is 2. The summed E-state index contributed by atoms with van der Waals surface area (Å²) < 4.78 is 13.8. The summed E-state index contributed by atoms with van der Waals surface area (Å²) in [5, 5.41) is 18.4. The monoisotopic (exact) mass is 370 g/mol. The number of halogens is 1. The highest BCUT2D eigenvalue weighted by Gasteiger charge is 2.25. The number of carbonyl (C=O) groups is 2.